The van der Waals surface area contributed by atoms with E-state index < -0.39 is 0 Å². The molecule has 1 aromatic carbocycles. The highest BCUT2D eigenvalue weighted by Gasteiger charge is 2.17. The van der Waals surface area contributed by atoms with Gasteiger partial charge in [-0.2, -0.15) is 0 Å². The Morgan fingerprint density at radius 1 is 1.25 bits per heavy atom. The summed E-state index contributed by atoms with van der Waals surface area (Å²) in [6.45, 7) is 7.64. The summed E-state index contributed by atoms with van der Waals surface area (Å²) >= 11 is 9.54. The lowest BCUT2D eigenvalue weighted by Gasteiger charge is -2.18. The lowest BCUT2D eigenvalue weighted by atomic mass is 9.97. The molecule has 3 rings (SSSR count). The zero-order valence-corrected chi connectivity index (χ0v) is 16.1. The van der Waals surface area contributed by atoms with Crippen LogP contribution in [0.5, 0.6) is 5.75 Å². The first-order valence-corrected chi connectivity index (χ1v) is 8.75. The highest BCUT2D eigenvalue weighted by Crippen LogP contribution is 2.33. The van der Waals surface area contributed by atoms with E-state index in [0.717, 1.165) is 27.7 Å². The Morgan fingerprint density at radius 3 is 2.75 bits per heavy atom. The van der Waals surface area contributed by atoms with Crippen molar-refractivity contribution >= 4 is 38.6 Å². The molecule has 0 aliphatic carbocycles. The maximum absolute atomic E-state index is 5.97. The van der Waals surface area contributed by atoms with Gasteiger partial charge in [0.05, 0.1) is 15.7 Å². The van der Waals surface area contributed by atoms with Crippen LogP contribution in [0.3, 0.4) is 0 Å². The van der Waals surface area contributed by atoms with Crippen LogP contribution in [0.25, 0.3) is 11.0 Å². The SMILES string of the molecule is CC(C)(C)Cn1nnc2c(Br)c(OCc3cc(Cl)ccn3)ccc21. The molecular weight excluding hydrogens is 392 g/mol. The molecule has 0 fully saturated rings. The summed E-state index contributed by atoms with van der Waals surface area (Å²) in [6, 6.07) is 7.42. The Balaban J connectivity index is 1.84. The van der Waals surface area contributed by atoms with Crippen molar-refractivity contribution in [3.63, 3.8) is 0 Å². The van der Waals surface area contributed by atoms with Gasteiger partial charge in [-0.15, -0.1) is 5.10 Å². The lowest BCUT2D eigenvalue weighted by molar-refractivity contribution is 0.300. The van der Waals surface area contributed by atoms with Crippen LogP contribution in [0.1, 0.15) is 26.5 Å². The van der Waals surface area contributed by atoms with Gasteiger partial charge in [-0.1, -0.05) is 37.6 Å². The number of benzene rings is 1. The van der Waals surface area contributed by atoms with E-state index in [1.54, 1.807) is 18.3 Å². The minimum absolute atomic E-state index is 0.126. The average Bonchev–Trinajstić information content (AvgIpc) is 2.89. The highest BCUT2D eigenvalue weighted by molar-refractivity contribution is 9.10. The van der Waals surface area contributed by atoms with Crippen LogP contribution in [0.15, 0.2) is 34.9 Å². The van der Waals surface area contributed by atoms with Crippen molar-refractivity contribution in [1.29, 1.82) is 0 Å². The summed E-state index contributed by atoms with van der Waals surface area (Å²) in [7, 11) is 0. The second-order valence-electron chi connectivity index (χ2n) is 6.81. The van der Waals surface area contributed by atoms with Crippen LogP contribution in [0, 0.1) is 5.41 Å². The normalized spacial score (nSPS) is 11.9. The molecule has 2 aromatic heterocycles. The molecule has 7 heteroatoms. The Bertz CT molecular complexity index is 873. The molecular formula is C17H18BrClN4O. The van der Waals surface area contributed by atoms with Crippen molar-refractivity contribution in [2.45, 2.75) is 33.9 Å². The molecule has 0 aliphatic rings. The lowest BCUT2D eigenvalue weighted by Crippen LogP contribution is -2.16. The van der Waals surface area contributed by atoms with Crippen molar-refractivity contribution < 1.29 is 4.74 Å². The zero-order chi connectivity index (χ0) is 17.3. The van der Waals surface area contributed by atoms with E-state index in [-0.39, 0.29) is 5.41 Å². The van der Waals surface area contributed by atoms with Crippen molar-refractivity contribution in [3.05, 3.63) is 45.7 Å². The third-order valence-corrected chi connectivity index (χ3v) is 4.37. The first-order valence-electron chi connectivity index (χ1n) is 7.58. The van der Waals surface area contributed by atoms with Gasteiger partial charge in [-0.05, 0) is 45.6 Å². The Kier molecular flexibility index (Phi) is 4.78. The molecule has 0 amide bonds. The van der Waals surface area contributed by atoms with Crippen molar-refractivity contribution in [2.24, 2.45) is 5.41 Å². The van der Waals surface area contributed by atoms with Gasteiger partial charge < -0.3 is 4.74 Å². The van der Waals surface area contributed by atoms with Gasteiger partial charge in [-0.3, -0.25) is 4.98 Å². The van der Waals surface area contributed by atoms with Crippen LogP contribution in [-0.2, 0) is 13.2 Å². The maximum Gasteiger partial charge on any atom is 0.136 e. The molecule has 0 unspecified atom stereocenters. The number of pyridine rings is 1. The number of fused-ring (bicyclic) bond motifs is 1. The Labute approximate surface area is 154 Å². The zero-order valence-electron chi connectivity index (χ0n) is 13.8. The number of hydrogen-bond acceptors (Lipinski definition) is 4. The molecule has 0 saturated heterocycles. The van der Waals surface area contributed by atoms with Crippen molar-refractivity contribution in [1.82, 2.24) is 20.0 Å². The van der Waals surface area contributed by atoms with Gasteiger partial charge in [0, 0.05) is 17.8 Å². The van der Waals surface area contributed by atoms with E-state index in [1.165, 1.54) is 0 Å². The van der Waals surface area contributed by atoms with Crippen LogP contribution < -0.4 is 4.74 Å². The van der Waals surface area contributed by atoms with Crippen LogP contribution in [0.4, 0.5) is 0 Å². The van der Waals surface area contributed by atoms with E-state index in [2.05, 4.69) is 52.0 Å². The number of nitrogens with zero attached hydrogens (tertiary/aromatic N) is 4. The summed E-state index contributed by atoms with van der Waals surface area (Å²) < 4.78 is 8.56. The molecule has 0 radical (unpaired) electrons. The number of rotatable bonds is 4. The van der Waals surface area contributed by atoms with Gasteiger partial charge in [0.2, 0.25) is 0 Å². The van der Waals surface area contributed by atoms with Crippen molar-refractivity contribution in [3.8, 4) is 5.75 Å². The summed E-state index contributed by atoms with van der Waals surface area (Å²) in [5.41, 5.74) is 2.66. The van der Waals surface area contributed by atoms with Gasteiger partial charge in [0.1, 0.15) is 17.9 Å². The summed E-state index contributed by atoms with van der Waals surface area (Å²) in [5.74, 6) is 0.701. The minimum Gasteiger partial charge on any atom is -0.486 e. The molecule has 3 aromatic rings. The molecule has 0 aliphatic heterocycles. The molecule has 0 atom stereocenters. The number of ether oxygens (including phenoxy) is 1. The predicted molar refractivity (Wildman–Crippen MR) is 98.3 cm³/mol. The highest BCUT2D eigenvalue weighted by atomic mass is 79.9. The second-order valence-corrected chi connectivity index (χ2v) is 8.04. The Morgan fingerprint density at radius 2 is 2.04 bits per heavy atom. The standard InChI is InChI=1S/C17H18BrClN4O/c1-17(2,3)10-23-13-4-5-14(15(18)16(13)21-22-23)24-9-12-8-11(19)6-7-20-12/h4-8H,9-10H2,1-3H3. The number of aromatic nitrogens is 4. The molecule has 126 valence electrons. The third kappa shape index (κ3) is 3.87. The number of halogens is 2. The van der Waals surface area contributed by atoms with E-state index in [0.29, 0.717) is 17.4 Å². The van der Waals surface area contributed by atoms with E-state index in [1.807, 2.05) is 16.8 Å². The van der Waals surface area contributed by atoms with Gasteiger partial charge in [0.25, 0.3) is 0 Å². The maximum atomic E-state index is 5.97. The van der Waals surface area contributed by atoms with E-state index in [9.17, 15) is 0 Å². The first-order chi connectivity index (χ1) is 11.3. The fourth-order valence-electron chi connectivity index (χ4n) is 2.34. The largest absolute Gasteiger partial charge is 0.486 e. The summed E-state index contributed by atoms with van der Waals surface area (Å²) in [6.07, 6.45) is 1.66. The molecule has 0 spiro atoms. The van der Waals surface area contributed by atoms with Crippen LogP contribution in [0.2, 0.25) is 5.02 Å². The number of hydrogen-bond donors (Lipinski definition) is 0. The average molecular weight is 410 g/mol. The fraction of sp³-hybridized carbons (Fsp3) is 0.353. The second kappa shape index (κ2) is 6.69. The molecule has 5 nitrogen and oxygen atoms in total. The Hall–Kier alpha value is -1.66. The minimum atomic E-state index is 0.126. The van der Waals surface area contributed by atoms with Gasteiger partial charge >= 0.3 is 0 Å². The smallest absolute Gasteiger partial charge is 0.136 e. The van der Waals surface area contributed by atoms with Crippen LogP contribution >= 0.6 is 27.5 Å². The quantitative estimate of drug-likeness (QED) is 0.617. The van der Waals surface area contributed by atoms with Crippen LogP contribution in [-0.4, -0.2) is 20.0 Å². The van der Waals surface area contributed by atoms with Gasteiger partial charge in [0.15, 0.2) is 0 Å². The van der Waals surface area contributed by atoms with E-state index >= 15 is 0 Å². The first kappa shape index (κ1) is 17.2. The molecule has 2 heterocycles. The topological polar surface area (TPSA) is 52.8 Å². The molecule has 0 N–H and O–H groups in total. The van der Waals surface area contributed by atoms with E-state index in [4.69, 9.17) is 16.3 Å². The molecule has 24 heavy (non-hydrogen) atoms. The summed E-state index contributed by atoms with van der Waals surface area (Å²) in [5, 5.41) is 9.19. The summed E-state index contributed by atoms with van der Waals surface area (Å²) in [4.78, 5) is 4.23. The van der Waals surface area contributed by atoms with Crippen molar-refractivity contribution in [2.75, 3.05) is 0 Å². The third-order valence-electron chi connectivity index (χ3n) is 3.37. The monoisotopic (exact) mass is 408 g/mol. The fourth-order valence-corrected chi connectivity index (χ4v) is 3.05. The van der Waals surface area contributed by atoms with Gasteiger partial charge in [-0.25, -0.2) is 4.68 Å². The predicted octanol–water partition coefficient (Wildman–Crippen LogP) is 4.87. The molecule has 0 bridgehead atoms. The molecule has 0 saturated carbocycles.